The van der Waals surface area contributed by atoms with E-state index < -0.39 is 0 Å². The number of ether oxygens (including phenoxy) is 1. The molecular weight excluding hydrogens is 319 g/mol. The third-order valence-corrected chi connectivity index (χ3v) is 3.63. The number of aromatic nitrogens is 2. The molecule has 2 aromatic carbocycles. The molecule has 0 spiro atoms. The van der Waals surface area contributed by atoms with Gasteiger partial charge < -0.3 is 15.4 Å². The summed E-state index contributed by atoms with van der Waals surface area (Å²) in [6, 6.07) is 16.0. The van der Waals surface area contributed by atoms with Gasteiger partial charge in [0, 0.05) is 18.2 Å². The SMILES string of the molecule is COc1ccccc1Nc1cc(NCc2ccccc2F)nc(C)n1. The highest BCUT2D eigenvalue weighted by Crippen LogP contribution is 2.27. The van der Waals surface area contributed by atoms with Gasteiger partial charge in [0.05, 0.1) is 12.8 Å². The molecule has 0 saturated carbocycles. The number of hydrogen-bond acceptors (Lipinski definition) is 5. The maximum Gasteiger partial charge on any atom is 0.142 e. The summed E-state index contributed by atoms with van der Waals surface area (Å²) in [5.41, 5.74) is 1.39. The highest BCUT2D eigenvalue weighted by Gasteiger charge is 2.07. The first kappa shape index (κ1) is 16.7. The van der Waals surface area contributed by atoms with Crippen molar-refractivity contribution in [3.8, 4) is 5.75 Å². The summed E-state index contributed by atoms with van der Waals surface area (Å²) < 4.78 is 19.1. The minimum Gasteiger partial charge on any atom is -0.495 e. The van der Waals surface area contributed by atoms with E-state index in [0.29, 0.717) is 29.6 Å². The van der Waals surface area contributed by atoms with Gasteiger partial charge in [-0.3, -0.25) is 0 Å². The Bertz CT molecular complexity index is 870. The van der Waals surface area contributed by atoms with Crippen LogP contribution in [-0.4, -0.2) is 17.1 Å². The van der Waals surface area contributed by atoms with Crippen LogP contribution in [0, 0.1) is 12.7 Å². The molecule has 0 radical (unpaired) electrons. The summed E-state index contributed by atoms with van der Waals surface area (Å²) in [7, 11) is 1.62. The lowest BCUT2D eigenvalue weighted by Gasteiger charge is -2.12. The van der Waals surface area contributed by atoms with Crippen molar-refractivity contribution >= 4 is 17.3 Å². The van der Waals surface area contributed by atoms with Gasteiger partial charge in [0.25, 0.3) is 0 Å². The van der Waals surface area contributed by atoms with Crippen LogP contribution in [0.3, 0.4) is 0 Å². The van der Waals surface area contributed by atoms with Crippen LogP contribution in [-0.2, 0) is 6.54 Å². The lowest BCUT2D eigenvalue weighted by molar-refractivity contribution is 0.417. The molecule has 0 unspecified atom stereocenters. The second kappa shape index (κ2) is 7.61. The van der Waals surface area contributed by atoms with E-state index in [1.54, 1.807) is 31.4 Å². The smallest absolute Gasteiger partial charge is 0.142 e. The molecule has 6 heteroatoms. The molecule has 0 atom stereocenters. The molecule has 0 fully saturated rings. The van der Waals surface area contributed by atoms with Crippen LogP contribution in [0.4, 0.5) is 21.7 Å². The zero-order valence-electron chi connectivity index (χ0n) is 14.1. The highest BCUT2D eigenvalue weighted by molar-refractivity contribution is 5.65. The molecule has 1 heterocycles. The van der Waals surface area contributed by atoms with E-state index in [0.717, 1.165) is 11.4 Å². The second-order valence-electron chi connectivity index (χ2n) is 5.46. The van der Waals surface area contributed by atoms with Crippen LogP contribution in [0.2, 0.25) is 0 Å². The number of halogens is 1. The van der Waals surface area contributed by atoms with Gasteiger partial charge in [-0.15, -0.1) is 0 Å². The van der Waals surface area contributed by atoms with Crippen molar-refractivity contribution in [2.75, 3.05) is 17.7 Å². The molecule has 0 saturated heterocycles. The fraction of sp³-hybridized carbons (Fsp3) is 0.158. The summed E-state index contributed by atoms with van der Waals surface area (Å²) in [6.07, 6.45) is 0. The minimum absolute atomic E-state index is 0.242. The number of rotatable bonds is 6. The lowest BCUT2D eigenvalue weighted by Crippen LogP contribution is -2.06. The fourth-order valence-electron chi connectivity index (χ4n) is 2.44. The quantitative estimate of drug-likeness (QED) is 0.702. The molecule has 1 aromatic heterocycles. The monoisotopic (exact) mass is 338 g/mol. The Hall–Kier alpha value is -3.15. The van der Waals surface area contributed by atoms with E-state index in [4.69, 9.17) is 4.74 Å². The minimum atomic E-state index is -0.242. The third kappa shape index (κ3) is 4.23. The molecule has 3 rings (SSSR count). The topological polar surface area (TPSA) is 59.1 Å². The second-order valence-corrected chi connectivity index (χ2v) is 5.46. The Kier molecular flexibility index (Phi) is 5.09. The molecule has 5 nitrogen and oxygen atoms in total. The predicted octanol–water partition coefficient (Wildman–Crippen LogP) is 4.29. The van der Waals surface area contributed by atoms with Gasteiger partial charge in [0.2, 0.25) is 0 Å². The molecule has 2 N–H and O–H groups in total. The summed E-state index contributed by atoms with van der Waals surface area (Å²) in [6.45, 7) is 2.15. The van der Waals surface area contributed by atoms with Gasteiger partial charge in [-0.1, -0.05) is 30.3 Å². The number of methoxy groups -OCH3 is 1. The average molecular weight is 338 g/mol. The zero-order chi connectivity index (χ0) is 17.6. The predicted molar refractivity (Wildman–Crippen MR) is 96.8 cm³/mol. The van der Waals surface area contributed by atoms with Crippen molar-refractivity contribution in [2.45, 2.75) is 13.5 Å². The Morgan fingerprint density at radius 3 is 2.52 bits per heavy atom. The summed E-state index contributed by atoms with van der Waals surface area (Å²) in [4.78, 5) is 8.73. The summed E-state index contributed by atoms with van der Waals surface area (Å²) in [5, 5.41) is 6.36. The number of benzene rings is 2. The third-order valence-electron chi connectivity index (χ3n) is 3.63. The van der Waals surface area contributed by atoms with Gasteiger partial charge >= 0.3 is 0 Å². The number of hydrogen-bond donors (Lipinski definition) is 2. The first-order valence-corrected chi connectivity index (χ1v) is 7.88. The molecule has 25 heavy (non-hydrogen) atoms. The normalized spacial score (nSPS) is 10.4. The number of nitrogens with one attached hydrogen (secondary N) is 2. The van der Waals surface area contributed by atoms with Crippen LogP contribution < -0.4 is 15.4 Å². The first-order chi connectivity index (χ1) is 12.2. The lowest BCUT2D eigenvalue weighted by atomic mass is 10.2. The van der Waals surface area contributed by atoms with E-state index in [1.807, 2.05) is 31.2 Å². The maximum atomic E-state index is 13.7. The molecule has 0 aliphatic carbocycles. The highest BCUT2D eigenvalue weighted by atomic mass is 19.1. The summed E-state index contributed by atoms with van der Waals surface area (Å²) in [5.74, 6) is 2.34. The van der Waals surface area contributed by atoms with Crippen molar-refractivity contribution in [3.05, 3.63) is 71.8 Å². The van der Waals surface area contributed by atoms with Gasteiger partial charge in [0.1, 0.15) is 29.0 Å². The van der Waals surface area contributed by atoms with Crippen LogP contribution in [0.25, 0.3) is 0 Å². The molecule has 0 aliphatic rings. The number of anilines is 3. The Morgan fingerprint density at radius 1 is 1.00 bits per heavy atom. The molecular formula is C19H19FN4O. The number of para-hydroxylation sites is 2. The van der Waals surface area contributed by atoms with Crippen molar-refractivity contribution in [1.29, 1.82) is 0 Å². The molecule has 128 valence electrons. The van der Waals surface area contributed by atoms with E-state index in [9.17, 15) is 4.39 Å². The Labute approximate surface area is 145 Å². The van der Waals surface area contributed by atoms with Crippen LogP contribution in [0.1, 0.15) is 11.4 Å². The first-order valence-electron chi connectivity index (χ1n) is 7.88. The van der Waals surface area contributed by atoms with Crippen LogP contribution in [0.15, 0.2) is 54.6 Å². The number of nitrogens with zero attached hydrogens (tertiary/aromatic N) is 2. The molecule has 0 bridgehead atoms. The maximum absolute atomic E-state index is 13.7. The largest absolute Gasteiger partial charge is 0.495 e. The Morgan fingerprint density at radius 2 is 1.72 bits per heavy atom. The van der Waals surface area contributed by atoms with E-state index in [2.05, 4.69) is 20.6 Å². The van der Waals surface area contributed by atoms with Crippen molar-refractivity contribution in [2.24, 2.45) is 0 Å². The molecule has 0 amide bonds. The zero-order valence-corrected chi connectivity index (χ0v) is 14.1. The van der Waals surface area contributed by atoms with E-state index in [1.165, 1.54) is 6.07 Å². The van der Waals surface area contributed by atoms with Gasteiger partial charge in [0.15, 0.2) is 0 Å². The van der Waals surface area contributed by atoms with Crippen LogP contribution >= 0.6 is 0 Å². The standard InChI is InChI=1S/C19H19FN4O/c1-13-22-18(21-12-14-7-3-4-8-15(14)20)11-19(23-13)24-16-9-5-6-10-17(16)25-2/h3-11H,12H2,1-2H3,(H2,21,22,23,24). The summed E-state index contributed by atoms with van der Waals surface area (Å²) >= 11 is 0. The van der Waals surface area contributed by atoms with Gasteiger partial charge in [-0.25, -0.2) is 14.4 Å². The fourth-order valence-corrected chi connectivity index (χ4v) is 2.44. The number of aryl methyl sites for hydroxylation is 1. The van der Waals surface area contributed by atoms with Crippen molar-refractivity contribution < 1.29 is 9.13 Å². The van der Waals surface area contributed by atoms with E-state index >= 15 is 0 Å². The average Bonchev–Trinajstić information content (AvgIpc) is 2.61. The molecule has 3 aromatic rings. The van der Waals surface area contributed by atoms with E-state index in [-0.39, 0.29) is 5.82 Å². The Balaban J connectivity index is 1.77. The van der Waals surface area contributed by atoms with Crippen LogP contribution in [0.5, 0.6) is 5.75 Å². The van der Waals surface area contributed by atoms with Gasteiger partial charge in [-0.05, 0) is 25.1 Å². The van der Waals surface area contributed by atoms with Gasteiger partial charge in [-0.2, -0.15) is 0 Å². The molecule has 0 aliphatic heterocycles. The van der Waals surface area contributed by atoms with Crippen molar-refractivity contribution in [3.63, 3.8) is 0 Å². The van der Waals surface area contributed by atoms with Crippen molar-refractivity contribution in [1.82, 2.24) is 9.97 Å².